The Labute approximate surface area is 84.0 Å². The Morgan fingerprint density at radius 1 is 1.71 bits per heavy atom. The predicted molar refractivity (Wildman–Crippen MR) is 53.8 cm³/mol. The predicted octanol–water partition coefficient (Wildman–Crippen LogP) is 0.924. The molecule has 1 aliphatic rings. The van der Waals surface area contributed by atoms with E-state index in [9.17, 15) is 0 Å². The van der Waals surface area contributed by atoms with E-state index in [4.69, 9.17) is 4.74 Å². The lowest BCUT2D eigenvalue weighted by Gasteiger charge is -2.29. The number of hydrogen-bond acceptors (Lipinski definition) is 3. The fourth-order valence-electron chi connectivity index (χ4n) is 1.81. The van der Waals surface area contributed by atoms with Gasteiger partial charge in [-0.3, -0.25) is 5.10 Å². The zero-order valence-electron chi connectivity index (χ0n) is 8.49. The van der Waals surface area contributed by atoms with Crippen LogP contribution in [0.4, 0.5) is 0 Å². The highest BCUT2D eigenvalue weighted by molar-refractivity contribution is 5.02. The highest BCUT2D eigenvalue weighted by Gasteiger charge is 2.20. The molecule has 2 heterocycles. The van der Waals surface area contributed by atoms with Gasteiger partial charge in [0, 0.05) is 31.0 Å². The van der Waals surface area contributed by atoms with E-state index in [0.29, 0.717) is 12.0 Å². The molecule has 1 aromatic rings. The van der Waals surface area contributed by atoms with Crippen LogP contribution in [0.5, 0.6) is 0 Å². The Bertz CT molecular complexity index is 260. The molecule has 1 aromatic heterocycles. The van der Waals surface area contributed by atoms with Crippen LogP contribution in [0.15, 0.2) is 12.4 Å². The number of rotatable bonds is 3. The lowest BCUT2D eigenvalue weighted by Crippen LogP contribution is -2.40. The van der Waals surface area contributed by atoms with Crippen molar-refractivity contribution in [3.05, 3.63) is 18.0 Å². The number of nitrogens with one attached hydrogen (secondary N) is 2. The standard InChI is InChI=1S/C10H17N3O/c1-8-7-14-3-2-10(8)11-4-9-5-12-13-6-9/h5-6,8,10-11H,2-4,7H2,1H3,(H,12,13). The zero-order chi connectivity index (χ0) is 9.80. The largest absolute Gasteiger partial charge is 0.381 e. The average molecular weight is 195 g/mol. The van der Waals surface area contributed by atoms with Crippen LogP contribution in [0.3, 0.4) is 0 Å². The molecule has 2 unspecified atom stereocenters. The quantitative estimate of drug-likeness (QED) is 0.754. The van der Waals surface area contributed by atoms with Gasteiger partial charge in [0.2, 0.25) is 0 Å². The van der Waals surface area contributed by atoms with E-state index in [-0.39, 0.29) is 0 Å². The van der Waals surface area contributed by atoms with Crippen molar-refractivity contribution in [3.63, 3.8) is 0 Å². The summed E-state index contributed by atoms with van der Waals surface area (Å²) >= 11 is 0. The third-order valence-corrected chi connectivity index (χ3v) is 2.76. The molecule has 78 valence electrons. The molecular formula is C10H17N3O. The number of nitrogens with zero attached hydrogens (tertiary/aromatic N) is 1. The minimum absolute atomic E-state index is 0.582. The molecule has 0 aliphatic carbocycles. The van der Waals surface area contributed by atoms with Gasteiger partial charge in [-0.2, -0.15) is 5.10 Å². The monoisotopic (exact) mass is 195 g/mol. The molecule has 14 heavy (non-hydrogen) atoms. The molecule has 2 atom stereocenters. The van der Waals surface area contributed by atoms with Crippen molar-refractivity contribution in [2.45, 2.75) is 25.9 Å². The molecule has 0 amide bonds. The molecule has 2 N–H and O–H groups in total. The van der Waals surface area contributed by atoms with Gasteiger partial charge < -0.3 is 10.1 Å². The molecular weight excluding hydrogens is 178 g/mol. The number of aromatic nitrogens is 2. The van der Waals surface area contributed by atoms with Crippen molar-refractivity contribution in [3.8, 4) is 0 Å². The summed E-state index contributed by atoms with van der Waals surface area (Å²) in [5.74, 6) is 0.607. The third kappa shape index (κ3) is 2.33. The molecule has 4 heteroatoms. The van der Waals surface area contributed by atoms with Crippen LogP contribution in [0, 0.1) is 5.92 Å². The molecule has 1 fully saturated rings. The van der Waals surface area contributed by atoms with Gasteiger partial charge in [0.1, 0.15) is 0 Å². The van der Waals surface area contributed by atoms with Crippen LogP contribution in [0.2, 0.25) is 0 Å². The van der Waals surface area contributed by atoms with E-state index in [0.717, 1.165) is 26.2 Å². The Hall–Kier alpha value is -0.870. The Morgan fingerprint density at radius 2 is 2.64 bits per heavy atom. The van der Waals surface area contributed by atoms with Crippen molar-refractivity contribution in [1.29, 1.82) is 0 Å². The summed E-state index contributed by atoms with van der Waals surface area (Å²) in [6, 6.07) is 0.582. The second kappa shape index (κ2) is 4.57. The second-order valence-corrected chi connectivity index (χ2v) is 3.93. The summed E-state index contributed by atoms with van der Waals surface area (Å²) in [6.07, 6.45) is 4.90. The Balaban J connectivity index is 1.79. The molecule has 2 rings (SSSR count). The van der Waals surface area contributed by atoms with E-state index in [2.05, 4.69) is 22.4 Å². The number of ether oxygens (including phenoxy) is 1. The maximum atomic E-state index is 5.39. The molecule has 0 aromatic carbocycles. The van der Waals surface area contributed by atoms with Crippen molar-refractivity contribution in [2.24, 2.45) is 5.92 Å². The first-order valence-electron chi connectivity index (χ1n) is 5.15. The molecule has 0 spiro atoms. The molecule has 1 aliphatic heterocycles. The van der Waals surface area contributed by atoms with Gasteiger partial charge in [-0.15, -0.1) is 0 Å². The van der Waals surface area contributed by atoms with Gasteiger partial charge in [0.25, 0.3) is 0 Å². The fraction of sp³-hybridized carbons (Fsp3) is 0.700. The second-order valence-electron chi connectivity index (χ2n) is 3.93. The number of hydrogen-bond donors (Lipinski definition) is 2. The van der Waals surface area contributed by atoms with Gasteiger partial charge in [-0.05, 0) is 12.3 Å². The van der Waals surface area contributed by atoms with E-state index in [1.165, 1.54) is 5.56 Å². The summed E-state index contributed by atoms with van der Waals surface area (Å²) in [5.41, 5.74) is 1.21. The lowest BCUT2D eigenvalue weighted by atomic mass is 9.98. The van der Waals surface area contributed by atoms with Gasteiger partial charge in [0.15, 0.2) is 0 Å². The maximum Gasteiger partial charge on any atom is 0.0532 e. The van der Waals surface area contributed by atoms with Crippen molar-refractivity contribution in [2.75, 3.05) is 13.2 Å². The van der Waals surface area contributed by atoms with E-state index in [1.807, 2.05) is 12.4 Å². The van der Waals surface area contributed by atoms with Crippen LogP contribution in [0.25, 0.3) is 0 Å². The highest BCUT2D eigenvalue weighted by Crippen LogP contribution is 2.14. The van der Waals surface area contributed by atoms with Crippen LogP contribution in [0.1, 0.15) is 18.9 Å². The topological polar surface area (TPSA) is 49.9 Å². The highest BCUT2D eigenvalue weighted by atomic mass is 16.5. The molecule has 1 saturated heterocycles. The van der Waals surface area contributed by atoms with E-state index < -0.39 is 0 Å². The number of H-pyrrole nitrogens is 1. The van der Waals surface area contributed by atoms with Crippen molar-refractivity contribution in [1.82, 2.24) is 15.5 Å². The van der Waals surface area contributed by atoms with Crippen LogP contribution in [-0.2, 0) is 11.3 Å². The summed E-state index contributed by atoms with van der Waals surface area (Å²) in [4.78, 5) is 0. The lowest BCUT2D eigenvalue weighted by molar-refractivity contribution is 0.0386. The zero-order valence-corrected chi connectivity index (χ0v) is 8.49. The first-order chi connectivity index (χ1) is 6.86. The number of aromatic amines is 1. The fourth-order valence-corrected chi connectivity index (χ4v) is 1.81. The average Bonchev–Trinajstić information content (AvgIpc) is 2.69. The van der Waals surface area contributed by atoms with Crippen LogP contribution < -0.4 is 5.32 Å². The summed E-state index contributed by atoms with van der Waals surface area (Å²) in [7, 11) is 0. The Morgan fingerprint density at radius 3 is 3.36 bits per heavy atom. The molecule has 0 bridgehead atoms. The van der Waals surface area contributed by atoms with Crippen molar-refractivity contribution >= 4 is 0 Å². The first kappa shape index (κ1) is 9.68. The maximum absolute atomic E-state index is 5.39. The molecule has 0 saturated carbocycles. The molecule has 0 radical (unpaired) electrons. The summed E-state index contributed by atoms with van der Waals surface area (Å²) in [5, 5.41) is 10.3. The van der Waals surface area contributed by atoms with E-state index >= 15 is 0 Å². The first-order valence-corrected chi connectivity index (χ1v) is 5.15. The van der Waals surface area contributed by atoms with Crippen LogP contribution >= 0.6 is 0 Å². The third-order valence-electron chi connectivity index (χ3n) is 2.76. The Kier molecular flexibility index (Phi) is 3.16. The smallest absolute Gasteiger partial charge is 0.0532 e. The van der Waals surface area contributed by atoms with Gasteiger partial charge in [-0.25, -0.2) is 0 Å². The summed E-state index contributed by atoms with van der Waals surface area (Å²) in [6.45, 7) is 4.88. The SMILES string of the molecule is CC1COCCC1NCc1cn[nH]c1. The van der Waals surface area contributed by atoms with Crippen LogP contribution in [-0.4, -0.2) is 29.5 Å². The minimum atomic E-state index is 0.582. The van der Waals surface area contributed by atoms with Gasteiger partial charge >= 0.3 is 0 Å². The van der Waals surface area contributed by atoms with E-state index in [1.54, 1.807) is 0 Å². The van der Waals surface area contributed by atoms with Crippen molar-refractivity contribution < 1.29 is 4.74 Å². The van der Waals surface area contributed by atoms with Gasteiger partial charge in [0.05, 0.1) is 12.8 Å². The summed E-state index contributed by atoms with van der Waals surface area (Å²) < 4.78 is 5.39. The van der Waals surface area contributed by atoms with Gasteiger partial charge in [-0.1, -0.05) is 6.92 Å². The minimum Gasteiger partial charge on any atom is -0.381 e. The molecule has 4 nitrogen and oxygen atoms in total. The normalized spacial score (nSPS) is 27.8.